The van der Waals surface area contributed by atoms with E-state index in [9.17, 15) is 19.5 Å². The molecule has 3 amide bonds. The molecule has 0 saturated carbocycles. The van der Waals surface area contributed by atoms with E-state index in [4.69, 9.17) is 4.74 Å². The van der Waals surface area contributed by atoms with Crippen molar-refractivity contribution >= 4 is 23.5 Å². The van der Waals surface area contributed by atoms with Gasteiger partial charge in [0.15, 0.2) is 6.10 Å². The largest absolute Gasteiger partial charge is 0.482 e. The summed E-state index contributed by atoms with van der Waals surface area (Å²) >= 11 is 0. The van der Waals surface area contributed by atoms with Crippen molar-refractivity contribution in [2.45, 2.75) is 59.3 Å². The van der Waals surface area contributed by atoms with E-state index < -0.39 is 23.5 Å². The number of piperazine rings is 1. The first-order valence-electron chi connectivity index (χ1n) is 15.8. The molecule has 4 rings (SSSR count). The number of pyridine rings is 2. The SMILES string of the molecule is C=CC(=O)N1CCN(C[C@@H](Oc2cc(C)c(C(=O)Nc3ncc(C#CC(C)(C)O)cc3C)cc2C(=O)NC)c2ccc(C)cn2)C[C@H]1C. The zero-order chi connectivity index (χ0) is 35.2. The van der Waals surface area contributed by atoms with Crippen LogP contribution in [0.2, 0.25) is 0 Å². The number of nitrogens with zero attached hydrogens (tertiary/aromatic N) is 4. The molecular weight excluding hydrogens is 608 g/mol. The molecule has 0 bridgehead atoms. The fraction of sp³-hybridized carbons (Fsp3) is 0.378. The number of benzene rings is 1. The maximum absolute atomic E-state index is 13.5. The molecule has 1 aliphatic rings. The minimum absolute atomic E-state index is 0.0210. The number of anilines is 1. The predicted octanol–water partition coefficient (Wildman–Crippen LogP) is 3.97. The van der Waals surface area contributed by atoms with Crippen molar-refractivity contribution in [1.82, 2.24) is 25.1 Å². The van der Waals surface area contributed by atoms with Crippen molar-refractivity contribution in [2.24, 2.45) is 0 Å². The number of ether oxygens (including phenoxy) is 1. The molecule has 11 heteroatoms. The van der Waals surface area contributed by atoms with Gasteiger partial charge < -0.3 is 25.4 Å². The van der Waals surface area contributed by atoms with Crippen molar-refractivity contribution in [3.05, 3.63) is 94.5 Å². The van der Waals surface area contributed by atoms with Gasteiger partial charge in [0, 0.05) is 62.8 Å². The van der Waals surface area contributed by atoms with Crippen molar-refractivity contribution < 1.29 is 24.2 Å². The molecule has 2 atom stereocenters. The van der Waals surface area contributed by atoms with E-state index in [1.807, 2.05) is 26.0 Å². The molecule has 0 spiro atoms. The summed E-state index contributed by atoms with van der Waals surface area (Å²) in [5, 5.41) is 15.4. The number of hydrogen-bond donors (Lipinski definition) is 3. The molecule has 48 heavy (non-hydrogen) atoms. The van der Waals surface area contributed by atoms with Gasteiger partial charge in [0.05, 0.1) is 11.3 Å². The van der Waals surface area contributed by atoms with Crippen LogP contribution in [0.15, 0.2) is 55.4 Å². The van der Waals surface area contributed by atoms with Gasteiger partial charge in [-0.2, -0.15) is 0 Å². The minimum Gasteiger partial charge on any atom is -0.482 e. The van der Waals surface area contributed by atoms with E-state index in [1.165, 1.54) is 25.4 Å². The quantitative estimate of drug-likeness (QED) is 0.233. The highest BCUT2D eigenvalue weighted by Gasteiger charge is 2.30. The van der Waals surface area contributed by atoms with Crippen LogP contribution in [-0.4, -0.2) is 87.5 Å². The average molecular weight is 653 g/mol. The van der Waals surface area contributed by atoms with Gasteiger partial charge in [-0.1, -0.05) is 24.5 Å². The molecule has 0 aliphatic carbocycles. The Kier molecular flexibility index (Phi) is 11.4. The monoisotopic (exact) mass is 652 g/mol. The molecule has 3 heterocycles. The van der Waals surface area contributed by atoms with Crippen LogP contribution in [0.25, 0.3) is 0 Å². The third kappa shape index (κ3) is 9.06. The lowest BCUT2D eigenvalue weighted by molar-refractivity contribution is -0.130. The van der Waals surface area contributed by atoms with Crippen LogP contribution >= 0.6 is 0 Å². The second-order valence-corrected chi connectivity index (χ2v) is 12.6. The van der Waals surface area contributed by atoms with Crippen LogP contribution in [0.1, 0.15) is 75.5 Å². The van der Waals surface area contributed by atoms with Crippen molar-refractivity contribution in [1.29, 1.82) is 0 Å². The summed E-state index contributed by atoms with van der Waals surface area (Å²) < 4.78 is 6.60. The van der Waals surface area contributed by atoms with Crippen LogP contribution in [0.5, 0.6) is 5.75 Å². The molecule has 2 aromatic heterocycles. The molecule has 3 aromatic rings. The third-order valence-corrected chi connectivity index (χ3v) is 7.99. The summed E-state index contributed by atoms with van der Waals surface area (Å²) in [6, 6.07) is 8.85. The molecule has 11 nitrogen and oxygen atoms in total. The van der Waals surface area contributed by atoms with Crippen molar-refractivity contribution in [2.75, 3.05) is 38.5 Å². The maximum Gasteiger partial charge on any atom is 0.257 e. The number of hydrogen-bond acceptors (Lipinski definition) is 8. The Bertz CT molecular complexity index is 1750. The number of rotatable bonds is 9. The lowest BCUT2D eigenvalue weighted by Crippen LogP contribution is -2.54. The van der Waals surface area contributed by atoms with E-state index in [0.29, 0.717) is 60.1 Å². The summed E-state index contributed by atoms with van der Waals surface area (Å²) in [4.78, 5) is 52.0. The van der Waals surface area contributed by atoms with Gasteiger partial charge in [0.2, 0.25) is 5.91 Å². The topological polar surface area (TPSA) is 137 Å². The highest BCUT2D eigenvalue weighted by molar-refractivity contribution is 6.07. The first-order valence-corrected chi connectivity index (χ1v) is 15.8. The molecule has 1 fully saturated rings. The fourth-order valence-corrected chi connectivity index (χ4v) is 5.40. The second kappa shape index (κ2) is 15.2. The standard InChI is InChI=1S/C37H44N6O5/c1-9-33(44)43-15-14-42(21-26(43)5)22-32(30-11-10-23(2)19-39-30)48-31-17-24(3)28(18-29(31)35(45)38-8)36(46)41-34-25(4)16-27(20-40-34)12-13-37(6,7)47/h9-11,16-20,26,32,47H,1,14-15,21-22H2,2-8H3,(H,38,45)(H,40,41,46)/t26-,32-/m1/s1. The Hall–Kier alpha value is -5.05. The number of carbonyl (C=O) groups excluding carboxylic acids is 3. The Morgan fingerprint density at radius 2 is 1.83 bits per heavy atom. The van der Waals surface area contributed by atoms with Gasteiger partial charge in [0.25, 0.3) is 11.8 Å². The summed E-state index contributed by atoms with van der Waals surface area (Å²) in [5.74, 6) is 5.36. The highest BCUT2D eigenvalue weighted by Crippen LogP contribution is 2.30. The number of aromatic nitrogens is 2. The molecule has 1 aliphatic heterocycles. The van der Waals surface area contributed by atoms with E-state index in [0.717, 1.165) is 5.56 Å². The van der Waals surface area contributed by atoms with Gasteiger partial charge in [-0.15, -0.1) is 0 Å². The predicted molar refractivity (Wildman–Crippen MR) is 185 cm³/mol. The first kappa shape index (κ1) is 35.8. The van der Waals surface area contributed by atoms with E-state index in [1.54, 1.807) is 50.9 Å². The summed E-state index contributed by atoms with van der Waals surface area (Å²) in [5.41, 5.74) is 2.92. The van der Waals surface area contributed by atoms with E-state index in [-0.39, 0.29) is 23.1 Å². The molecule has 0 unspecified atom stereocenters. The van der Waals surface area contributed by atoms with Crippen LogP contribution in [0.3, 0.4) is 0 Å². The average Bonchev–Trinajstić information content (AvgIpc) is 3.04. The number of carbonyl (C=O) groups is 3. The number of aliphatic hydroxyl groups is 1. The third-order valence-electron chi connectivity index (χ3n) is 7.99. The molecule has 1 aromatic carbocycles. The van der Waals surface area contributed by atoms with Gasteiger partial charge in [0.1, 0.15) is 17.2 Å². The van der Waals surface area contributed by atoms with Gasteiger partial charge >= 0.3 is 0 Å². The first-order chi connectivity index (χ1) is 22.7. The van der Waals surface area contributed by atoms with Gasteiger partial charge in [-0.3, -0.25) is 24.3 Å². The molecule has 252 valence electrons. The zero-order valence-corrected chi connectivity index (χ0v) is 28.7. The normalized spacial score (nSPS) is 15.5. The lowest BCUT2D eigenvalue weighted by atomic mass is 10.0. The molecule has 1 saturated heterocycles. The minimum atomic E-state index is -1.14. The van der Waals surface area contributed by atoms with E-state index in [2.05, 4.69) is 43.9 Å². The number of amides is 3. The van der Waals surface area contributed by atoms with Crippen LogP contribution in [-0.2, 0) is 4.79 Å². The Balaban J connectivity index is 1.62. The summed E-state index contributed by atoms with van der Waals surface area (Å²) in [6.45, 7) is 16.6. The van der Waals surface area contributed by atoms with E-state index >= 15 is 0 Å². The highest BCUT2D eigenvalue weighted by atomic mass is 16.5. The molecule has 0 radical (unpaired) electrons. The van der Waals surface area contributed by atoms with Crippen molar-refractivity contribution in [3.63, 3.8) is 0 Å². The Morgan fingerprint density at radius 3 is 2.44 bits per heavy atom. The Labute approximate surface area is 282 Å². The van der Waals surface area contributed by atoms with Gasteiger partial charge in [-0.25, -0.2) is 4.98 Å². The van der Waals surface area contributed by atoms with Crippen LogP contribution < -0.4 is 15.4 Å². The van der Waals surface area contributed by atoms with Crippen LogP contribution in [0, 0.1) is 32.6 Å². The van der Waals surface area contributed by atoms with Crippen molar-refractivity contribution in [3.8, 4) is 17.6 Å². The molecule has 3 N–H and O–H groups in total. The smallest absolute Gasteiger partial charge is 0.257 e. The lowest BCUT2D eigenvalue weighted by Gasteiger charge is -2.40. The summed E-state index contributed by atoms with van der Waals surface area (Å²) in [7, 11) is 1.52. The second-order valence-electron chi connectivity index (χ2n) is 12.6. The summed E-state index contributed by atoms with van der Waals surface area (Å²) in [6.07, 6.45) is 4.09. The fourth-order valence-electron chi connectivity index (χ4n) is 5.40. The maximum atomic E-state index is 13.5. The zero-order valence-electron chi connectivity index (χ0n) is 28.7. The Morgan fingerprint density at radius 1 is 1.08 bits per heavy atom. The molecular formula is C37H44N6O5. The van der Waals surface area contributed by atoms with Gasteiger partial charge in [-0.05, 0) is 88.6 Å². The van der Waals surface area contributed by atoms with Crippen LogP contribution in [0.4, 0.5) is 5.82 Å². The number of nitrogens with one attached hydrogen (secondary N) is 2. The number of aryl methyl sites for hydroxylation is 3.